The Morgan fingerprint density at radius 1 is 1.32 bits per heavy atom. The molecular weight excluding hydrogens is 286 g/mol. The SMILES string of the molecule is CN(C)c1ccc(/C=N\Nc2ncnc(N)c2[N+](=O)[O-])cc1. The second-order valence-corrected chi connectivity index (χ2v) is 4.57. The molecule has 0 fully saturated rings. The van der Waals surface area contributed by atoms with E-state index in [0.29, 0.717) is 0 Å². The van der Waals surface area contributed by atoms with E-state index in [1.165, 1.54) is 6.21 Å². The molecule has 0 aliphatic rings. The third kappa shape index (κ3) is 3.45. The second kappa shape index (κ2) is 6.48. The van der Waals surface area contributed by atoms with Gasteiger partial charge in [-0.15, -0.1) is 0 Å². The molecule has 9 nitrogen and oxygen atoms in total. The molecule has 0 bridgehead atoms. The molecule has 0 saturated heterocycles. The number of nitrogen functional groups attached to an aromatic ring is 1. The molecule has 1 aromatic heterocycles. The summed E-state index contributed by atoms with van der Waals surface area (Å²) < 4.78 is 0. The van der Waals surface area contributed by atoms with E-state index in [1.54, 1.807) is 0 Å². The molecule has 0 atom stereocenters. The van der Waals surface area contributed by atoms with Gasteiger partial charge in [-0.05, 0) is 17.7 Å². The number of anilines is 3. The van der Waals surface area contributed by atoms with Gasteiger partial charge in [-0.25, -0.2) is 9.97 Å². The normalized spacial score (nSPS) is 10.6. The first-order chi connectivity index (χ1) is 10.5. The molecule has 0 aliphatic heterocycles. The monoisotopic (exact) mass is 301 g/mol. The molecule has 1 heterocycles. The maximum atomic E-state index is 10.9. The maximum Gasteiger partial charge on any atom is 0.354 e. The van der Waals surface area contributed by atoms with Gasteiger partial charge in [-0.3, -0.25) is 15.5 Å². The van der Waals surface area contributed by atoms with Crippen LogP contribution in [0.2, 0.25) is 0 Å². The summed E-state index contributed by atoms with van der Waals surface area (Å²) >= 11 is 0. The zero-order valence-corrected chi connectivity index (χ0v) is 12.1. The molecule has 2 rings (SSSR count). The molecule has 22 heavy (non-hydrogen) atoms. The van der Waals surface area contributed by atoms with Gasteiger partial charge in [0.2, 0.25) is 11.6 Å². The van der Waals surface area contributed by atoms with Gasteiger partial charge in [-0.1, -0.05) is 12.1 Å². The summed E-state index contributed by atoms with van der Waals surface area (Å²) in [6.07, 6.45) is 2.66. The number of nitrogens with two attached hydrogens (primary N) is 1. The van der Waals surface area contributed by atoms with Crippen molar-refractivity contribution in [1.82, 2.24) is 9.97 Å². The van der Waals surface area contributed by atoms with Gasteiger partial charge in [0.1, 0.15) is 6.33 Å². The summed E-state index contributed by atoms with van der Waals surface area (Å²) in [5.74, 6) is -0.272. The summed E-state index contributed by atoms with van der Waals surface area (Å²) in [5.41, 5.74) is 9.46. The topological polar surface area (TPSA) is 123 Å². The first-order valence-electron chi connectivity index (χ1n) is 6.30. The van der Waals surface area contributed by atoms with E-state index in [-0.39, 0.29) is 11.6 Å². The minimum absolute atomic E-state index is 0.0568. The molecule has 9 heteroatoms. The van der Waals surface area contributed by atoms with E-state index in [0.717, 1.165) is 17.6 Å². The largest absolute Gasteiger partial charge is 0.378 e. The van der Waals surface area contributed by atoms with Gasteiger partial charge in [-0.2, -0.15) is 5.10 Å². The lowest BCUT2D eigenvalue weighted by Crippen LogP contribution is -2.08. The van der Waals surface area contributed by atoms with E-state index in [1.807, 2.05) is 43.3 Å². The number of nitrogens with zero attached hydrogens (tertiary/aromatic N) is 5. The molecule has 2 aromatic rings. The molecule has 0 aliphatic carbocycles. The highest BCUT2D eigenvalue weighted by Gasteiger charge is 2.20. The highest BCUT2D eigenvalue weighted by molar-refractivity contribution is 5.81. The third-order valence-corrected chi connectivity index (χ3v) is 2.83. The molecule has 0 saturated carbocycles. The Hall–Kier alpha value is -3.23. The van der Waals surface area contributed by atoms with Crippen molar-refractivity contribution in [2.45, 2.75) is 0 Å². The standard InChI is InChI=1S/C13H15N7O2/c1-19(2)10-5-3-9(4-6-10)7-17-18-13-11(20(21)22)12(14)15-8-16-13/h3-8H,1-2H3,(H3,14,15,16,18)/b17-7-. The van der Waals surface area contributed by atoms with Crippen LogP contribution in [0.4, 0.5) is 23.0 Å². The first kappa shape index (κ1) is 15.2. The van der Waals surface area contributed by atoms with Gasteiger partial charge in [0, 0.05) is 19.8 Å². The van der Waals surface area contributed by atoms with Crippen molar-refractivity contribution < 1.29 is 4.92 Å². The zero-order valence-electron chi connectivity index (χ0n) is 12.1. The number of nitro groups is 1. The smallest absolute Gasteiger partial charge is 0.354 e. The van der Waals surface area contributed by atoms with Crippen LogP contribution in [0.3, 0.4) is 0 Å². The lowest BCUT2D eigenvalue weighted by molar-refractivity contribution is -0.383. The van der Waals surface area contributed by atoms with Crippen LogP contribution in [0.1, 0.15) is 5.56 Å². The Labute approximate surface area is 126 Å². The zero-order chi connectivity index (χ0) is 16.1. The summed E-state index contributed by atoms with van der Waals surface area (Å²) in [6, 6.07) is 7.63. The average Bonchev–Trinajstić information content (AvgIpc) is 2.47. The Kier molecular flexibility index (Phi) is 4.47. The van der Waals surface area contributed by atoms with Crippen LogP contribution in [0, 0.1) is 10.1 Å². The number of hydrazone groups is 1. The van der Waals surface area contributed by atoms with Crippen LogP contribution in [0.15, 0.2) is 35.7 Å². The molecule has 0 unspecified atom stereocenters. The molecule has 1 aromatic carbocycles. The van der Waals surface area contributed by atoms with E-state index in [9.17, 15) is 10.1 Å². The molecular formula is C13H15N7O2. The highest BCUT2D eigenvalue weighted by atomic mass is 16.6. The fourth-order valence-electron chi connectivity index (χ4n) is 1.68. The molecule has 3 N–H and O–H groups in total. The van der Waals surface area contributed by atoms with Crippen LogP contribution in [0.25, 0.3) is 0 Å². The van der Waals surface area contributed by atoms with Crippen molar-refractivity contribution in [3.63, 3.8) is 0 Å². The van der Waals surface area contributed by atoms with Gasteiger partial charge in [0.15, 0.2) is 0 Å². The summed E-state index contributed by atoms with van der Waals surface area (Å²) in [5, 5.41) is 14.9. The van der Waals surface area contributed by atoms with E-state index in [4.69, 9.17) is 5.73 Å². The van der Waals surface area contributed by atoms with Gasteiger partial charge in [0.25, 0.3) is 0 Å². The Balaban J connectivity index is 2.13. The van der Waals surface area contributed by atoms with Gasteiger partial charge >= 0.3 is 5.69 Å². The van der Waals surface area contributed by atoms with Crippen molar-refractivity contribution in [3.8, 4) is 0 Å². The second-order valence-electron chi connectivity index (χ2n) is 4.57. The highest BCUT2D eigenvalue weighted by Crippen LogP contribution is 2.26. The predicted molar refractivity (Wildman–Crippen MR) is 85.1 cm³/mol. The van der Waals surface area contributed by atoms with Crippen molar-refractivity contribution >= 4 is 29.2 Å². The number of hydrogen-bond acceptors (Lipinski definition) is 8. The Morgan fingerprint density at radius 2 is 2.00 bits per heavy atom. The lowest BCUT2D eigenvalue weighted by Gasteiger charge is -2.11. The summed E-state index contributed by atoms with van der Waals surface area (Å²) in [7, 11) is 3.90. The van der Waals surface area contributed by atoms with E-state index in [2.05, 4.69) is 20.5 Å². The predicted octanol–water partition coefficient (Wildman–Crippen LogP) is 1.48. The maximum absolute atomic E-state index is 10.9. The number of hydrogen-bond donors (Lipinski definition) is 2. The Bertz CT molecular complexity index is 698. The van der Waals surface area contributed by atoms with Crippen molar-refractivity contribution in [1.29, 1.82) is 0 Å². The quantitative estimate of drug-likeness (QED) is 0.487. The minimum atomic E-state index is -0.654. The number of aromatic nitrogens is 2. The fraction of sp³-hybridized carbons (Fsp3) is 0.154. The molecule has 114 valence electrons. The van der Waals surface area contributed by atoms with Crippen LogP contribution in [-0.2, 0) is 0 Å². The van der Waals surface area contributed by atoms with Crippen LogP contribution in [-0.4, -0.2) is 35.2 Å². The fourth-order valence-corrected chi connectivity index (χ4v) is 1.68. The number of nitrogens with one attached hydrogen (secondary N) is 1. The average molecular weight is 301 g/mol. The number of benzene rings is 1. The first-order valence-corrected chi connectivity index (χ1v) is 6.30. The van der Waals surface area contributed by atoms with Crippen LogP contribution >= 0.6 is 0 Å². The summed E-state index contributed by atoms with van der Waals surface area (Å²) in [4.78, 5) is 19.6. The van der Waals surface area contributed by atoms with Crippen LogP contribution < -0.4 is 16.1 Å². The Morgan fingerprint density at radius 3 is 2.59 bits per heavy atom. The molecule has 0 spiro atoms. The van der Waals surface area contributed by atoms with Crippen molar-refractivity contribution in [2.75, 3.05) is 30.2 Å². The summed E-state index contributed by atoms with van der Waals surface area (Å²) in [6.45, 7) is 0. The molecule has 0 radical (unpaired) electrons. The van der Waals surface area contributed by atoms with E-state index < -0.39 is 10.6 Å². The van der Waals surface area contributed by atoms with Gasteiger partial charge in [0.05, 0.1) is 11.1 Å². The van der Waals surface area contributed by atoms with Crippen molar-refractivity contribution in [2.24, 2.45) is 5.10 Å². The van der Waals surface area contributed by atoms with E-state index >= 15 is 0 Å². The third-order valence-electron chi connectivity index (χ3n) is 2.83. The molecule has 0 amide bonds. The minimum Gasteiger partial charge on any atom is -0.378 e. The van der Waals surface area contributed by atoms with Gasteiger partial charge < -0.3 is 10.6 Å². The van der Waals surface area contributed by atoms with Crippen LogP contribution in [0.5, 0.6) is 0 Å². The number of rotatable bonds is 5. The lowest BCUT2D eigenvalue weighted by atomic mass is 10.2. The van der Waals surface area contributed by atoms with Crippen molar-refractivity contribution in [3.05, 3.63) is 46.3 Å².